The van der Waals surface area contributed by atoms with Gasteiger partial charge in [-0.05, 0) is 44.5 Å². The summed E-state index contributed by atoms with van der Waals surface area (Å²) < 4.78 is 16.3. The molecule has 3 nitrogen and oxygen atoms in total. The SMILES string of the molecule is CCO[P+](=O)SC(C)CCN(CC)CC. The molecule has 5 heteroatoms. The molecule has 2 unspecified atom stereocenters. The fraction of sp³-hybridized carbons (Fsp3) is 1.00. The van der Waals surface area contributed by atoms with Gasteiger partial charge in [0.25, 0.3) is 0 Å². The summed E-state index contributed by atoms with van der Waals surface area (Å²) in [7, 11) is -1.51. The second kappa shape index (κ2) is 9.59. The van der Waals surface area contributed by atoms with Crippen LogP contribution in [0.1, 0.15) is 34.1 Å². The van der Waals surface area contributed by atoms with Crippen molar-refractivity contribution in [2.75, 3.05) is 26.2 Å². The summed E-state index contributed by atoms with van der Waals surface area (Å²) in [5.41, 5.74) is 0. The second-order valence-corrected chi connectivity index (χ2v) is 6.62. The molecule has 0 aliphatic heterocycles. The molecule has 0 aliphatic carbocycles. The first-order valence-electron chi connectivity index (χ1n) is 5.63. The molecule has 0 saturated heterocycles. The Bertz CT molecular complexity index is 177. The molecule has 0 spiro atoms. The first-order chi connectivity index (χ1) is 7.13. The minimum Gasteiger partial charge on any atom is -0.304 e. The van der Waals surface area contributed by atoms with Gasteiger partial charge in [-0.3, -0.25) is 0 Å². The summed E-state index contributed by atoms with van der Waals surface area (Å²) in [5, 5.41) is 0.403. The molecule has 2 atom stereocenters. The van der Waals surface area contributed by atoms with E-state index in [0.717, 1.165) is 26.1 Å². The quantitative estimate of drug-likeness (QED) is 0.587. The zero-order valence-electron chi connectivity index (χ0n) is 10.2. The summed E-state index contributed by atoms with van der Waals surface area (Å²) in [6.45, 7) is 12.1. The highest BCUT2D eigenvalue weighted by atomic mass is 32.7. The Hall–Kier alpha value is 0.370. The number of hydrogen-bond acceptors (Lipinski definition) is 4. The van der Waals surface area contributed by atoms with Crippen LogP contribution in [0.2, 0.25) is 0 Å². The first kappa shape index (κ1) is 15.4. The Morgan fingerprint density at radius 2 is 1.93 bits per heavy atom. The summed E-state index contributed by atoms with van der Waals surface area (Å²) in [6.07, 6.45) is 1.07. The lowest BCUT2D eigenvalue weighted by Gasteiger charge is -2.18. The first-order valence-corrected chi connectivity index (χ1v) is 8.29. The van der Waals surface area contributed by atoms with Gasteiger partial charge in [0.1, 0.15) is 6.61 Å². The Labute approximate surface area is 98.6 Å². The van der Waals surface area contributed by atoms with Gasteiger partial charge >= 0.3 is 7.23 Å². The van der Waals surface area contributed by atoms with Crippen molar-refractivity contribution in [3.05, 3.63) is 0 Å². The van der Waals surface area contributed by atoms with E-state index in [2.05, 4.69) is 25.7 Å². The smallest absolute Gasteiger partial charge is 0.304 e. The molecule has 0 aromatic rings. The summed E-state index contributed by atoms with van der Waals surface area (Å²) >= 11 is 1.45. The average molecular weight is 252 g/mol. The maximum Gasteiger partial charge on any atom is 0.585 e. The second-order valence-electron chi connectivity index (χ2n) is 3.37. The van der Waals surface area contributed by atoms with Gasteiger partial charge in [0.05, 0.1) is 5.25 Å². The molecule has 90 valence electrons. The molecule has 0 radical (unpaired) electrons. The molecule has 0 aliphatic rings. The van der Waals surface area contributed by atoms with E-state index < -0.39 is 7.23 Å². The van der Waals surface area contributed by atoms with Crippen molar-refractivity contribution in [2.24, 2.45) is 0 Å². The Kier molecular flexibility index (Phi) is 9.82. The van der Waals surface area contributed by atoms with Gasteiger partial charge in [-0.1, -0.05) is 13.8 Å². The topological polar surface area (TPSA) is 29.5 Å². The van der Waals surface area contributed by atoms with Crippen LogP contribution in [0.15, 0.2) is 0 Å². The average Bonchev–Trinajstić information content (AvgIpc) is 2.19. The summed E-state index contributed by atoms with van der Waals surface area (Å²) in [4.78, 5) is 2.38. The van der Waals surface area contributed by atoms with Gasteiger partial charge in [-0.2, -0.15) is 0 Å². The van der Waals surface area contributed by atoms with Gasteiger partial charge in [-0.15, -0.1) is 4.52 Å². The van der Waals surface area contributed by atoms with Crippen LogP contribution in [-0.2, 0) is 9.09 Å². The lowest BCUT2D eigenvalue weighted by Crippen LogP contribution is -2.25. The Balaban J connectivity index is 3.64. The molecule has 0 N–H and O–H groups in total. The van der Waals surface area contributed by atoms with Crippen molar-refractivity contribution in [3.63, 3.8) is 0 Å². The number of nitrogens with zero attached hydrogens (tertiary/aromatic N) is 1. The van der Waals surface area contributed by atoms with Crippen LogP contribution in [0, 0.1) is 0 Å². The zero-order chi connectivity index (χ0) is 11.7. The van der Waals surface area contributed by atoms with E-state index in [4.69, 9.17) is 4.52 Å². The van der Waals surface area contributed by atoms with Crippen molar-refractivity contribution in [3.8, 4) is 0 Å². The van der Waals surface area contributed by atoms with Gasteiger partial charge in [0.2, 0.25) is 0 Å². The fourth-order valence-corrected chi connectivity index (χ4v) is 3.71. The maximum atomic E-state index is 11.3. The predicted octanol–water partition coefficient (Wildman–Crippen LogP) is 3.53. The normalized spacial score (nSPS) is 14.3. The van der Waals surface area contributed by atoms with Crippen molar-refractivity contribution < 1.29 is 9.09 Å². The third-order valence-electron chi connectivity index (χ3n) is 2.25. The zero-order valence-corrected chi connectivity index (χ0v) is 11.9. The van der Waals surface area contributed by atoms with Crippen LogP contribution in [0.4, 0.5) is 0 Å². The molecular weight excluding hydrogens is 229 g/mol. The highest BCUT2D eigenvalue weighted by molar-refractivity contribution is 8.50. The maximum absolute atomic E-state index is 11.3. The van der Waals surface area contributed by atoms with E-state index in [1.807, 2.05) is 6.92 Å². The van der Waals surface area contributed by atoms with E-state index in [1.54, 1.807) is 0 Å². The van der Waals surface area contributed by atoms with E-state index in [-0.39, 0.29) is 0 Å². The third-order valence-corrected chi connectivity index (χ3v) is 5.40. The van der Waals surface area contributed by atoms with Crippen molar-refractivity contribution in [2.45, 2.75) is 39.4 Å². The molecule has 0 heterocycles. The fourth-order valence-electron chi connectivity index (χ4n) is 1.24. The van der Waals surface area contributed by atoms with Gasteiger partial charge in [0, 0.05) is 0 Å². The lowest BCUT2D eigenvalue weighted by atomic mass is 10.3. The molecule has 0 bridgehead atoms. The van der Waals surface area contributed by atoms with Crippen LogP contribution >= 0.6 is 18.6 Å². The van der Waals surface area contributed by atoms with Crippen LogP contribution < -0.4 is 0 Å². The molecule has 0 amide bonds. The van der Waals surface area contributed by atoms with E-state index in [0.29, 0.717) is 11.9 Å². The Morgan fingerprint density at radius 1 is 1.33 bits per heavy atom. The largest absolute Gasteiger partial charge is 0.585 e. The van der Waals surface area contributed by atoms with Crippen LogP contribution in [0.5, 0.6) is 0 Å². The van der Waals surface area contributed by atoms with Gasteiger partial charge < -0.3 is 4.90 Å². The summed E-state index contributed by atoms with van der Waals surface area (Å²) in [5.74, 6) is 0. The molecule has 0 rings (SSSR count). The number of hydrogen-bond donors (Lipinski definition) is 0. The molecule has 0 aromatic heterocycles. The minimum atomic E-state index is -1.51. The summed E-state index contributed by atoms with van der Waals surface area (Å²) in [6, 6.07) is 0. The molecule has 0 saturated carbocycles. The van der Waals surface area contributed by atoms with Crippen LogP contribution in [-0.4, -0.2) is 36.4 Å². The van der Waals surface area contributed by atoms with E-state index in [1.165, 1.54) is 11.4 Å². The minimum absolute atomic E-state index is 0.403. The van der Waals surface area contributed by atoms with E-state index in [9.17, 15) is 4.57 Å². The molecular formula is C10H23NO2PS+. The van der Waals surface area contributed by atoms with Crippen molar-refractivity contribution in [1.29, 1.82) is 0 Å². The standard InChI is InChI=1S/C10H23NO2PS/c1-5-11(6-2)9-8-10(4)15-14(12)13-7-3/h10H,5-9H2,1-4H3/q+1. The van der Waals surface area contributed by atoms with Crippen LogP contribution in [0.25, 0.3) is 0 Å². The van der Waals surface area contributed by atoms with Gasteiger partial charge in [0.15, 0.2) is 11.4 Å². The van der Waals surface area contributed by atoms with Crippen LogP contribution in [0.3, 0.4) is 0 Å². The Morgan fingerprint density at radius 3 is 2.40 bits per heavy atom. The highest BCUT2D eigenvalue weighted by Gasteiger charge is 2.24. The predicted molar refractivity (Wildman–Crippen MR) is 68.7 cm³/mol. The highest BCUT2D eigenvalue weighted by Crippen LogP contribution is 2.42. The third kappa shape index (κ3) is 8.21. The molecule has 0 fully saturated rings. The van der Waals surface area contributed by atoms with Crippen molar-refractivity contribution in [1.82, 2.24) is 4.90 Å². The monoisotopic (exact) mass is 252 g/mol. The molecule has 0 aromatic carbocycles. The van der Waals surface area contributed by atoms with E-state index >= 15 is 0 Å². The number of rotatable bonds is 9. The van der Waals surface area contributed by atoms with Crippen molar-refractivity contribution >= 4 is 18.6 Å². The van der Waals surface area contributed by atoms with Gasteiger partial charge in [-0.25, -0.2) is 0 Å². The molecule has 15 heavy (non-hydrogen) atoms. The lowest BCUT2D eigenvalue weighted by molar-refractivity contribution is 0.300.